The molecule has 1 aliphatic rings. The van der Waals surface area contributed by atoms with Crippen molar-refractivity contribution in [1.29, 1.82) is 5.26 Å². The lowest BCUT2D eigenvalue weighted by Crippen LogP contribution is -2.46. The Morgan fingerprint density at radius 1 is 1.05 bits per heavy atom. The molecule has 1 unspecified atom stereocenters. The molecular weight excluding hydrogens is 480 g/mol. The van der Waals surface area contributed by atoms with Gasteiger partial charge in [0.2, 0.25) is 5.91 Å². The van der Waals surface area contributed by atoms with Gasteiger partial charge in [0, 0.05) is 37.3 Å². The molecule has 0 saturated heterocycles. The molecule has 0 spiro atoms. The first-order valence-electron chi connectivity index (χ1n) is 12.3. The number of benzene rings is 3. The number of para-hydroxylation sites is 2. The molecule has 1 heterocycles. The van der Waals surface area contributed by atoms with E-state index in [1.807, 2.05) is 54.7 Å². The number of nitrogens with zero attached hydrogens (tertiary/aromatic N) is 3. The lowest BCUT2D eigenvalue weighted by molar-refractivity contribution is -0.131. The second kappa shape index (κ2) is 12.5. The molecule has 2 amide bonds. The fourth-order valence-electron chi connectivity index (χ4n) is 4.32. The van der Waals surface area contributed by atoms with Crippen LogP contribution in [0.4, 0.5) is 5.69 Å². The van der Waals surface area contributed by atoms with Crippen molar-refractivity contribution in [3.8, 4) is 17.6 Å². The van der Waals surface area contributed by atoms with E-state index in [1.54, 1.807) is 36.3 Å². The van der Waals surface area contributed by atoms with Gasteiger partial charge in [0.1, 0.15) is 11.5 Å². The van der Waals surface area contributed by atoms with Crippen LogP contribution in [0, 0.1) is 11.3 Å². The van der Waals surface area contributed by atoms with Gasteiger partial charge in [0.15, 0.2) is 6.61 Å². The van der Waals surface area contributed by atoms with Crippen LogP contribution in [0.2, 0.25) is 0 Å². The van der Waals surface area contributed by atoms with Crippen molar-refractivity contribution in [1.82, 2.24) is 15.5 Å². The SMILES string of the molecule is COc1ccccc1CN(CC(CC1=C[N]c2ccccc21)NC(=O)COc1ccc(C#N)cc1)C(C)=O. The normalized spacial score (nSPS) is 12.3. The van der Waals surface area contributed by atoms with Crippen molar-refractivity contribution in [2.45, 2.75) is 25.9 Å². The van der Waals surface area contributed by atoms with Crippen molar-refractivity contribution < 1.29 is 19.1 Å². The summed E-state index contributed by atoms with van der Waals surface area (Å²) in [6.45, 7) is 1.94. The predicted molar refractivity (Wildman–Crippen MR) is 143 cm³/mol. The molecule has 1 N–H and O–H groups in total. The Labute approximate surface area is 222 Å². The molecular formula is C30H29N4O4. The summed E-state index contributed by atoms with van der Waals surface area (Å²) in [5.74, 6) is 0.753. The number of ether oxygens (including phenoxy) is 2. The predicted octanol–water partition coefficient (Wildman–Crippen LogP) is 4.16. The van der Waals surface area contributed by atoms with Crippen LogP contribution in [0.3, 0.4) is 0 Å². The summed E-state index contributed by atoms with van der Waals surface area (Å²) in [7, 11) is 1.60. The number of fused-ring (bicyclic) bond motifs is 1. The molecule has 0 fully saturated rings. The summed E-state index contributed by atoms with van der Waals surface area (Å²) in [5.41, 5.74) is 4.27. The molecule has 8 nitrogen and oxygen atoms in total. The third-order valence-electron chi connectivity index (χ3n) is 6.23. The molecule has 0 bridgehead atoms. The number of carbonyl (C=O) groups is 2. The van der Waals surface area contributed by atoms with E-state index >= 15 is 0 Å². The summed E-state index contributed by atoms with van der Waals surface area (Å²) in [4.78, 5) is 27.3. The molecule has 0 saturated carbocycles. The first kappa shape index (κ1) is 26.3. The Morgan fingerprint density at radius 3 is 2.53 bits per heavy atom. The molecule has 8 heteroatoms. The Morgan fingerprint density at radius 2 is 1.79 bits per heavy atom. The Kier molecular flexibility index (Phi) is 8.62. The lowest BCUT2D eigenvalue weighted by atomic mass is 9.99. The quantitative estimate of drug-likeness (QED) is 0.418. The van der Waals surface area contributed by atoms with Crippen molar-refractivity contribution >= 4 is 23.1 Å². The number of rotatable bonds is 11. The number of amides is 2. The molecule has 0 aromatic heterocycles. The maximum Gasteiger partial charge on any atom is 0.258 e. The van der Waals surface area contributed by atoms with Gasteiger partial charge in [0.05, 0.1) is 30.5 Å². The van der Waals surface area contributed by atoms with E-state index in [0.29, 0.717) is 30.0 Å². The van der Waals surface area contributed by atoms with E-state index in [2.05, 4.69) is 16.7 Å². The second-order valence-corrected chi connectivity index (χ2v) is 8.91. The zero-order chi connectivity index (χ0) is 26.9. The summed E-state index contributed by atoms with van der Waals surface area (Å²) < 4.78 is 11.1. The van der Waals surface area contributed by atoms with Gasteiger partial charge in [-0.15, -0.1) is 0 Å². The largest absolute Gasteiger partial charge is 0.496 e. The first-order valence-corrected chi connectivity index (χ1v) is 12.3. The first-order chi connectivity index (χ1) is 18.5. The number of hydrogen-bond donors (Lipinski definition) is 1. The molecule has 193 valence electrons. The average molecular weight is 510 g/mol. The maximum atomic E-state index is 12.9. The molecule has 38 heavy (non-hydrogen) atoms. The minimum atomic E-state index is -0.390. The molecule has 0 aliphatic carbocycles. The number of methoxy groups -OCH3 is 1. The van der Waals surface area contributed by atoms with Gasteiger partial charge < -0.3 is 19.7 Å². The van der Waals surface area contributed by atoms with E-state index in [4.69, 9.17) is 14.7 Å². The molecule has 3 aromatic carbocycles. The Balaban J connectivity index is 1.49. The van der Waals surface area contributed by atoms with E-state index in [0.717, 1.165) is 22.4 Å². The van der Waals surface area contributed by atoms with Gasteiger partial charge >= 0.3 is 0 Å². The molecule has 3 aromatic rings. The van der Waals surface area contributed by atoms with Crippen molar-refractivity contribution in [3.63, 3.8) is 0 Å². The van der Waals surface area contributed by atoms with Crippen molar-refractivity contribution in [2.24, 2.45) is 0 Å². The Hall–Kier alpha value is -4.77. The molecule has 1 atom stereocenters. The van der Waals surface area contributed by atoms with Gasteiger partial charge in [-0.1, -0.05) is 36.4 Å². The highest BCUT2D eigenvalue weighted by Crippen LogP contribution is 2.33. The number of carbonyl (C=O) groups excluding carboxylic acids is 2. The highest BCUT2D eigenvalue weighted by molar-refractivity contribution is 5.81. The molecule has 1 radical (unpaired) electrons. The van der Waals surface area contributed by atoms with E-state index in [1.165, 1.54) is 6.92 Å². The Bertz CT molecular complexity index is 1360. The zero-order valence-electron chi connectivity index (χ0n) is 21.4. The summed E-state index contributed by atoms with van der Waals surface area (Å²) in [5, 5.41) is 16.5. The van der Waals surface area contributed by atoms with E-state index < -0.39 is 6.04 Å². The average Bonchev–Trinajstić information content (AvgIpc) is 3.34. The summed E-state index contributed by atoms with van der Waals surface area (Å²) in [6, 6.07) is 23.6. The van der Waals surface area contributed by atoms with Crippen molar-refractivity contribution in [3.05, 3.63) is 95.7 Å². The fraction of sp³-hybridized carbons (Fsp3) is 0.233. The van der Waals surface area contributed by atoms with Crippen molar-refractivity contribution in [2.75, 3.05) is 20.3 Å². The number of hydrogen-bond acceptors (Lipinski definition) is 5. The summed E-state index contributed by atoms with van der Waals surface area (Å²) in [6.07, 6.45) is 2.30. The minimum absolute atomic E-state index is 0.116. The maximum absolute atomic E-state index is 12.9. The van der Waals surface area contributed by atoms with E-state index in [9.17, 15) is 9.59 Å². The third kappa shape index (κ3) is 6.71. The van der Waals surface area contributed by atoms with Crippen LogP contribution in [-0.2, 0) is 16.1 Å². The fourth-order valence-corrected chi connectivity index (χ4v) is 4.32. The zero-order valence-corrected chi connectivity index (χ0v) is 21.4. The second-order valence-electron chi connectivity index (χ2n) is 8.91. The standard InChI is InChI=1S/C30H29N4O4/c1-21(35)34(18-23-7-3-6-10-29(23)37-2)19-25(15-24-17-32-28-9-5-4-8-27(24)28)33-30(36)20-38-26-13-11-22(16-31)12-14-26/h3-14,17,25H,15,18-20H2,1-2H3,(H,33,36). The molecule has 4 rings (SSSR count). The smallest absolute Gasteiger partial charge is 0.258 e. The topological polar surface area (TPSA) is 106 Å². The van der Waals surface area contributed by atoms with Crippen LogP contribution in [0.25, 0.3) is 5.57 Å². The van der Waals surface area contributed by atoms with Crippen LogP contribution < -0.4 is 20.1 Å². The molecule has 1 aliphatic heterocycles. The monoisotopic (exact) mass is 509 g/mol. The third-order valence-corrected chi connectivity index (χ3v) is 6.23. The number of nitriles is 1. The van der Waals surface area contributed by atoms with Crippen LogP contribution in [-0.4, -0.2) is 43.0 Å². The van der Waals surface area contributed by atoms with Gasteiger partial charge in [-0.25, -0.2) is 0 Å². The van der Waals surface area contributed by atoms with Gasteiger partial charge in [-0.05, 0) is 48.4 Å². The van der Waals surface area contributed by atoms with Crippen LogP contribution in [0.15, 0.2) is 79.0 Å². The number of nitrogens with one attached hydrogen (secondary N) is 1. The van der Waals surface area contributed by atoms with Gasteiger partial charge in [-0.2, -0.15) is 5.26 Å². The highest BCUT2D eigenvalue weighted by atomic mass is 16.5. The van der Waals surface area contributed by atoms with Gasteiger partial charge in [0.25, 0.3) is 5.91 Å². The lowest BCUT2D eigenvalue weighted by Gasteiger charge is -2.28. The van der Waals surface area contributed by atoms with E-state index in [-0.39, 0.29) is 25.0 Å². The van der Waals surface area contributed by atoms with Crippen LogP contribution in [0.5, 0.6) is 11.5 Å². The highest BCUT2D eigenvalue weighted by Gasteiger charge is 2.24. The minimum Gasteiger partial charge on any atom is -0.496 e. The van der Waals surface area contributed by atoms with Crippen LogP contribution >= 0.6 is 0 Å². The van der Waals surface area contributed by atoms with Gasteiger partial charge in [-0.3, -0.25) is 14.9 Å². The van der Waals surface area contributed by atoms with Crippen LogP contribution in [0.1, 0.15) is 30.0 Å². The summed E-state index contributed by atoms with van der Waals surface area (Å²) >= 11 is 0.